The summed E-state index contributed by atoms with van der Waals surface area (Å²) in [6, 6.07) is 5.92. The van der Waals surface area contributed by atoms with Crippen LogP contribution in [-0.4, -0.2) is 54.4 Å². The highest BCUT2D eigenvalue weighted by molar-refractivity contribution is 5.74. The molecule has 146 valence electrons. The molecule has 0 atom stereocenters. The molecule has 2 heterocycles. The summed E-state index contributed by atoms with van der Waals surface area (Å²) in [5.74, 6) is 0.676. The molecule has 0 bridgehead atoms. The minimum absolute atomic E-state index is 0.0436. The average molecular weight is 376 g/mol. The van der Waals surface area contributed by atoms with E-state index >= 15 is 0 Å². The third-order valence-electron chi connectivity index (χ3n) is 5.11. The maximum absolute atomic E-state index is 13.1. The number of hydrogen-bond acceptors (Lipinski definition) is 5. The fourth-order valence-electron chi connectivity index (χ4n) is 3.43. The number of methoxy groups -OCH3 is 1. The van der Waals surface area contributed by atoms with E-state index in [1.165, 1.54) is 12.1 Å². The smallest absolute Gasteiger partial charge is 0.317 e. The van der Waals surface area contributed by atoms with Crippen LogP contribution in [0.4, 0.5) is 9.18 Å². The monoisotopic (exact) mass is 376 g/mol. The lowest BCUT2D eigenvalue weighted by atomic mass is 9.75. The van der Waals surface area contributed by atoms with Crippen LogP contribution in [0.1, 0.15) is 32.0 Å². The number of halogens is 1. The van der Waals surface area contributed by atoms with Crippen LogP contribution in [0.2, 0.25) is 0 Å². The lowest BCUT2D eigenvalue weighted by Crippen LogP contribution is -2.49. The molecule has 1 aromatic carbocycles. The van der Waals surface area contributed by atoms with E-state index in [1.54, 1.807) is 19.2 Å². The van der Waals surface area contributed by atoms with Gasteiger partial charge in [-0.3, -0.25) is 0 Å². The Hall–Kier alpha value is -2.48. The summed E-state index contributed by atoms with van der Waals surface area (Å²) in [5, 5.41) is 7.05. The van der Waals surface area contributed by atoms with Crippen molar-refractivity contribution in [2.24, 2.45) is 0 Å². The first-order valence-electron chi connectivity index (χ1n) is 9.20. The van der Waals surface area contributed by atoms with Crippen LogP contribution in [0.3, 0.4) is 0 Å². The fraction of sp³-hybridized carbons (Fsp3) is 0.526. The van der Waals surface area contributed by atoms with Gasteiger partial charge in [-0.1, -0.05) is 5.16 Å². The van der Waals surface area contributed by atoms with E-state index in [-0.39, 0.29) is 17.3 Å². The van der Waals surface area contributed by atoms with Crippen molar-refractivity contribution in [2.75, 3.05) is 33.4 Å². The van der Waals surface area contributed by atoms with Crippen molar-refractivity contribution in [3.05, 3.63) is 35.9 Å². The molecule has 2 aromatic rings. The number of urea groups is 1. The number of likely N-dealkylation sites (tertiary alicyclic amines) is 1. The van der Waals surface area contributed by atoms with E-state index in [9.17, 15) is 9.18 Å². The van der Waals surface area contributed by atoms with E-state index in [0.29, 0.717) is 43.5 Å². The molecule has 3 rings (SSSR count). The van der Waals surface area contributed by atoms with Crippen LogP contribution in [0, 0.1) is 5.82 Å². The predicted octanol–water partition coefficient (Wildman–Crippen LogP) is 2.98. The van der Waals surface area contributed by atoms with Crippen molar-refractivity contribution >= 4 is 6.03 Å². The molecule has 27 heavy (non-hydrogen) atoms. The van der Waals surface area contributed by atoms with Crippen molar-refractivity contribution in [2.45, 2.75) is 31.6 Å². The summed E-state index contributed by atoms with van der Waals surface area (Å²) in [5.41, 5.74) is 0.373. The van der Waals surface area contributed by atoms with Crippen LogP contribution in [0.5, 0.6) is 0 Å². The summed E-state index contributed by atoms with van der Waals surface area (Å²) < 4.78 is 23.9. The summed E-state index contributed by atoms with van der Waals surface area (Å²) in [7, 11) is 1.66. The Morgan fingerprint density at radius 1 is 1.33 bits per heavy atom. The lowest BCUT2D eigenvalue weighted by Gasteiger charge is -2.39. The molecule has 2 amide bonds. The van der Waals surface area contributed by atoms with Crippen molar-refractivity contribution in [1.29, 1.82) is 0 Å². The van der Waals surface area contributed by atoms with Gasteiger partial charge in [0.1, 0.15) is 5.82 Å². The molecule has 1 aromatic heterocycles. The molecular weight excluding hydrogens is 351 g/mol. The Balaban J connectivity index is 1.79. The van der Waals surface area contributed by atoms with Crippen LogP contribution in [0.15, 0.2) is 28.8 Å². The van der Waals surface area contributed by atoms with Gasteiger partial charge in [-0.15, -0.1) is 0 Å². The molecule has 1 N–H and O–H groups in total. The Bertz CT molecular complexity index is 755. The normalized spacial score (nSPS) is 16.3. The second-order valence-electron chi connectivity index (χ2n) is 6.78. The molecule has 8 heteroatoms. The highest BCUT2D eigenvalue weighted by atomic mass is 19.1. The van der Waals surface area contributed by atoms with Gasteiger partial charge < -0.3 is 19.5 Å². The molecule has 0 saturated carbocycles. The number of rotatable bonds is 6. The lowest BCUT2D eigenvalue weighted by molar-refractivity contribution is 0.114. The van der Waals surface area contributed by atoms with Gasteiger partial charge in [0, 0.05) is 44.3 Å². The van der Waals surface area contributed by atoms with Crippen molar-refractivity contribution in [1.82, 2.24) is 20.4 Å². The summed E-state index contributed by atoms with van der Waals surface area (Å²) in [6.45, 7) is 4.32. The third kappa shape index (κ3) is 4.27. The van der Waals surface area contributed by atoms with E-state index in [4.69, 9.17) is 9.26 Å². The zero-order valence-corrected chi connectivity index (χ0v) is 15.7. The largest absolute Gasteiger partial charge is 0.385 e. The zero-order chi connectivity index (χ0) is 19.3. The minimum Gasteiger partial charge on any atom is -0.385 e. The molecular formula is C19H25FN4O3. The first-order chi connectivity index (χ1) is 13.1. The molecule has 7 nitrogen and oxygen atoms in total. The molecule has 1 fully saturated rings. The molecule has 1 aliphatic heterocycles. The number of amides is 2. The molecule has 0 radical (unpaired) electrons. The van der Waals surface area contributed by atoms with Gasteiger partial charge in [0.2, 0.25) is 0 Å². The fourth-order valence-corrected chi connectivity index (χ4v) is 3.43. The van der Waals surface area contributed by atoms with Crippen molar-refractivity contribution < 1.29 is 18.4 Å². The number of nitrogens with zero attached hydrogens (tertiary/aromatic N) is 3. The van der Waals surface area contributed by atoms with Crippen LogP contribution in [0.25, 0.3) is 11.5 Å². The van der Waals surface area contributed by atoms with E-state index < -0.39 is 0 Å². The molecule has 0 unspecified atom stereocenters. The first kappa shape index (κ1) is 19.3. The number of piperidine rings is 1. The van der Waals surface area contributed by atoms with Gasteiger partial charge in [0.05, 0.1) is 0 Å². The number of benzene rings is 1. The van der Waals surface area contributed by atoms with Crippen molar-refractivity contribution in [3.8, 4) is 11.5 Å². The Morgan fingerprint density at radius 2 is 2.04 bits per heavy atom. The average Bonchev–Trinajstić information content (AvgIpc) is 3.18. The van der Waals surface area contributed by atoms with Crippen LogP contribution in [-0.2, 0) is 10.2 Å². The molecule has 0 spiro atoms. The molecule has 1 aliphatic rings. The number of ether oxygens (including phenoxy) is 1. The first-order valence-corrected chi connectivity index (χ1v) is 9.20. The number of nitrogens with one attached hydrogen (secondary N) is 1. The standard InChI is InChI=1S/C19H25FN4O3/c1-3-21-18(25)24-11-8-19(9-12-24,10-13-26-2)17-22-16(27-23-17)14-4-6-15(20)7-5-14/h4-7H,3,8-13H2,1-2H3,(H,21,25). The Labute approximate surface area is 157 Å². The second-order valence-corrected chi connectivity index (χ2v) is 6.78. The minimum atomic E-state index is -0.312. The number of aromatic nitrogens is 2. The number of carbonyl (C=O) groups is 1. The molecule has 0 aliphatic carbocycles. The van der Waals surface area contributed by atoms with Crippen molar-refractivity contribution in [3.63, 3.8) is 0 Å². The van der Waals surface area contributed by atoms with Gasteiger partial charge in [-0.2, -0.15) is 4.98 Å². The van der Waals surface area contributed by atoms with Gasteiger partial charge in [-0.05, 0) is 50.5 Å². The summed E-state index contributed by atoms with van der Waals surface area (Å²) in [4.78, 5) is 18.5. The van der Waals surface area contributed by atoms with Gasteiger partial charge in [0.15, 0.2) is 5.82 Å². The zero-order valence-electron chi connectivity index (χ0n) is 15.7. The quantitative estimate of drug-likeness (QED) is 0.838. The maximum atomic E-state index is 13.1. The SMILES string of the molecule is CCNC(=O)N1CCC(CCOC)(c2noc(-c3ccc(F)cc3)n2)CC1. The third-order valence-corrected chi connectivity index (χ3v) is 5.11. The summed E-state index contributed by atoms with van der Waals surface area (Å²) in [6.07, 6.45) is 2.21. The maximum Gasteiger partial charge on any atom is 0.317 e. The summed E-state index contributed by atoms with van der Waals surface area (Å²) >= 11 is 0. The van der Waals surface area contributed by atoms with E-state index in [2.05, 4.69) is 15.5 Å². The Morgan fingerprint density at radius 3 is 2.67 bits per heavy atom. The second kappa shape index (κ2) is 8.47. The highest BCUT2D eigenvalue weighted by Crippen LogP contribution is 2.38. The highest BCUT2D eigenvalue weighted by Gasteiger charge is 2.41. The van der Waals surface area contributed by atoms with Crippen LogP contribution < -0.4 is 5.32 Å². The van der Waals surface area contributed by atoms with E-state index in [0.717, 1.165) is 19.3 Å². The molecule has 1 saturated heterocycles. The topological polar surface area (TPSA) is 80.5 Å². The van der Waals surface area contributed by atoms with E-state index in [1.807, 2.05) is 11.8 Å². The van der Waals surface area contributed by atoms with Crippen LogP contribution >= 0.6 is 0 Å². The van der Waals surface area contributed by atoms with Gasteiger partial charge in [-0.25, -0.2) is 9.18 Å². The number of hydrogen-bond donors (Lipinski definition) is 1. The number of carbonyl (C=O) groups excluding carboxylic acids is 1. The Kier molecular flexibility index (Phi) is 6.05. The predicted molar refractivity (Wildman–Crippen MR) is 97.7 cm³/mol. The van der Waals surface area contributed by atoms with Gasteiger partial charge in [0.25, 0.3) is 5.89 Å². The van der Waals surface area contributed by atoms with Gasteiger partial charge >= 0.3 is 6.03 Å².